The van der Waals surface area contributed by atoms with Gasteiger partial charge in [0.05, 0.1) is 0 Å². The predicted octanol–water partition coefficient (Wildman–Crippen LogP) is 1.65. The second kappa shape index (κ2) is 8.69. The highest BCUT2D eigenvalue weighted by Crippen LogP contribution is 2.20. The van der Waals surface area contributed by atoms with Crippen LogP contribution in [0.2, 0.25) is 0 Å². The summed E-state index contributed by atoms with van der Waals surface area (Å²) in [5.74, 6) is 2.79. The normalized spacial score (nSPS) is 21.4. The maximum atomic E-state index is 4.88. The van der Waals surface area contributed by atoms with Gasteiger partial charge in [0.25, 0.3) is 0 Å². The largest absolute Gasteiger partial charge is 0.357 e. The molecule has 0 aromatic carbocycles. The summed E-state index contributed by atoms with van der Waals surface area (Å²) in [4.78, 5) is 9.95. The van der Waals surface area contributed by atoms with Crippen LogP contribution in [0.3, 0.4) is 0 Å². The predicted molar refractivity (Wildman–Crippen MR) is 108 cm³/mol. The van der Waals surface area contributed by atoms with Crippen molar-refractivity contribution in [1.29, 1.82) is 0 Å². The number of likely N-dealkylation sites (tertiary alicyclic amines) is 2. The molecule has 2 fully saturated rings. The average Bonchev–Trinajstić information content (AvgIpc) is 3.43. The Hall–Kier alpha value is -2.15. The van der Waals surface area contributed by atoms with E-state index in [0.29, 0.717) is 0 Å². The topological polar surface area (TPSA) is 61.1 Å². The third-order valence-electron chi connectivity index (χ3n) is 5.62. The van der Waals surface area contributed by atoms with Gasteiger partial charge < -0.3 is 15.1 Å². The van der Waals surface area contributed by atoms with E-state index in [9.17, 15) is 0 Å². The molecule has 2 aliphatic rings. The van der Waals surface area contributed by atoms with Crippen LogP contribution >= 0.6 is 0 Å². The molecular weight excluding hydrogens is 338 g/mol. The van der Waals surface area contributed by atoms with Gasteiger partial charge in [0, 0.05) is 45.3 Å². The first-order valence-electron chi connectivity index (χ1n) is 10.4. The number of rotatable bonds is 6. The molecule has 27 heavy (non-hydrogen) atoms. The molecule has 1 unspecified atom stereocenters. The third kappa shape index (κ3) is 4.40. The highest BCUT2D eigenvalue weighted by molar-refractivity contribution is 5.80. The number of aliphatic imine (C=N–C) groups is 1. The van der Waals surface area contributed by atoms with Gasteiger partial charge in [-0.1, -0.05) is 6.07 Å². The lowest BCUT2D eigenvalue weighted by atomic mass is 10.1. The molecule has 0 radical (unpaired) electrons. The lowest BCUT2D eigenvalue weighted by Gasteiger charge is -2.23. The number of fused-ring (bicyclic) bond motifs is 1. The minimum absolute atomic E-state index is 0.727. The molecule has 2 aromatic rings. The fraction of sp³-hybridized carbons (Fsp3) is 0.650. The molecular formula is C20H31N7. The van der Waals surface area contributed by atoms with Gasteiger partial charge in [0.15, 0.2) is 11.6 Å². The van der Waals surface area contributed by atoms with E-state index < -0.39 is 0 Å². The Morgan fingerprint density at radius 2 is 2.11 bits per heavy atom. The minimum atomic E-state index is 0.727. The van der Waals surface area contributed by atoms with Crippen molar-refractivity contribution in [2.24, 2.45) is 10.9 Å². The Balaban J connectivity index is 1.34. The van der Waals surface area contributed by atoms with Gasteiger partial charge in [-0.3, -0.25) is 9.39 Å². The van der Waals surface area contributed by atoms with Crippen LogP contribution < -0.4 is 5.32 Å². The van der Waals surface area contributed by atoms with Crippen LogP contribution in [-0.4, -0.2) is 76.2 Å². The minimum Gasteiger partial charge on any atom is -0.357 e. The quantitative estimate of drug-likeness (QED) is 0.620. The summed E-state index contributed by atoms with van der Waals surface area (Å²) in [6.45, 7) is 9.83. The van der Waals surface area contributed by atoms with Crippen LogP contribution in [0.15, 0.2) is 29.4 Å². The Bertz CT molecular complexity index is 763. The van der Waals surface area contributed by atoms with Crippen molar-refractivity contribution < 1.29 is 0 Å². The second-order valence-electron chi connectivity index (χ2n) is 7.64. The lowest BCUT2D eigenvalue weighted by molar-refractivity contribution is 0.281. The van der Waals surface area contributed by atoms with Crippen LogP contribution in [-0.2, 0) is 6.42 Å². The summed E-state index contributed by atoms with van der Waals surface area (Å²) in [5, 5.41) is 12.0. The summed E-state index contributed by atoms with van der Waals surface area (Å²) < 4.78 is 2.05. The number of nitrogens with one attached hydrogen (secondary N) is 1. The molecule has 0 amide bonds. The molecule has 0 bridgehead atoms. The standard InChI is InChI=1S/C20H31N7/c1-2-21-20(26-14-9-17(16-26)15-25-11-5-6-12-25)22-10-8-19-24-23-18-7-3-4-13-27(18)19/h3-4,7,13,17H,2,5-6,8-12,14-16H2,1H3,(H,21,22). The van der Waals surface area contributed by atoms with Gasteiger partial charge in [-0.15, -0.1) is 10.2 Å². The number of hydrogen-bond acceptors (Lipinski definition) is 4. The molecule has 2 aliphatic heterocycles. The van der Waals surface area contributed by atoms with E-state index in [1.807, 2.05) is 28.8 Å². The molecule has 0 spiro atoms. The Labute approximate surface area is 161 Å². The highest BCUT2D eigenvalue weighted by atomic mass is 15.3. The number of nitrogens with zero attached hydrogens (tertiary/aromatic N) is 6. The molecule has 0 aliphatic carbocycles. The van der Waals surface area contributed by atoms with Crippen LogP contribution in [0, 0.1) is 5.92 Å². The van der Waals surface area contributed by atoms with Gasteiger partial charge >= 0.3 is 0 Å². The molecule has 7 nitrogen and oxygen atoms in total. The number of guanidine groups is 1. The Morgan fingerprint density at radius 3 is 2.96 bits per heavy atom. The van der Waals surface area contributed by atoms with Gasteiger partial charge in [-0.05, 0) is 57.3 Å². The van der Waals surface area contributed by atoms with Crippen molar-refractivity contribution in [3.8, 4) is 0 Å². The SMILES string of the molecule is CCNC(=NCCc1nnc2ccccn12)N1CCC(CN2CCCC2)C1. The van der Waals surface area contributed by atoms with Gasteiger partial charge in [0.2, 0.25) is 0 Å². The molecule has 146 valence electrons. The molecule has 4 heterocycles. The lowest BCUT2D eigenvalue weighted by Crippen LogP contribution is -2.41. The maximum absolute atomic E-state index is 4.88. The first-order valence-corrected chi connectivity index (χ1v) is 10.4. The van der Waals surface area contributed by atoms with Crippen LogP contribution in [0.5, 0.6) is 0 Å². The molecule has 7 heteroatoms. The Kier molecular flexibility index (Phi) is 5.87. The third-order valence-corrected chi connectivity index (χ3v) is 5.62. The van der Waals surface area contributed by atoms with E-state index in [4.69, 9.17) is 4.99 Å². The number of pyridine rings is 1. The van der Waals surface area contributed by atoms with Gasteiger partial charge in [0.1, 0.15) is 5.82 Å². The van der Waals surface area contributed by atoms with Crippen LogP contribution in [0.25, 0.3) is 5.65 Å². The first-order chi connectivity index (χ1) is 13.3. The summed E-state index contributed by atoms with van der Waals surface area (Å²) in [6.07, 6.45) is 6.83. The molecule has 2 saturated heterocycles. The molecule has 1 N–H and O–H groups in total. The zero-order chi connectivity index (χ0) is 18.5. The van der Waals surface area contributed by atoms with E-state index in [2.05, 4.69) is 32.2 Å². The monoisotopic (exact) mass is 369 g/mol. The van der Waals surface area contributed by atoms with Crippen LogP contribution in [0.4, 0.5) is 0 Å². The van der Waals surface area contributed by atoms with Crippen molar-refractivity contribution in [1.82, 2.24) is 29.7 Å². The smallest absolute Gasteiger partial charge is 0.193 e. The van der Waals surface area contributed by atoms with Gasteiger partial charge in [-0.2, -0.15) is 0 Å². The fourth-order valence-electron chi connectivity index (χ4n) is 4.25. The van der Waals surface area contributed by atoms with Crippen molar-refractivity contribution >= 4 is 11.6 Å². The van der Waals surface area contributed by atoms with E-state index in [-0.39, 0.29) is 0 Å². The zero-order valence-electron chi connectivity index (χ0n) is 16.3. The van der Waals surface area contributed by atoms with Crippen molar-refractivity contribution in [2.75, 3.05) is 45.8 Å². The van der Waals surface area contributed by atoms with E-state index in [1.165, 1.54) is 38.9 Å². The summed E-state index contributed by atoms with van der Waals surface area (Å²) in [7, 11) is 0. The van der Waals surface area contributed by atoms with Crippen molar-refractivity contribution in [2.45, 2.75) is 32.6 Å². The first kappa shape index (κ1) is 18.2. The Morgan fingerprint density at radius 1 is 1.22 bits per heavy atom. The van der Waals surface area contributed by atoms with Gasteiger partial charge in [-0.25, -0.2) is 0 Å². The average molecular weight is 370 g/mol. The van der Waals surface area contributed by atoms with E-state index in [0.717, 1.165) is 55.9 Å². The highest BCUT2D eigenvalue weighted by Gasteiger charge is 2.27. The van der Waals surface area contributed by atoms with Crippen molar-refractivity contribution in [3.63, 3.8) is 0 Å². The summed E-state index contributed by atoms with van der Waals surface area (Å²) in [6, 6.07) is 5.98. The van der Waals surface area contributed by atoms with Crippen molar-refractivity contribution in [3.05, 3.63) is 30.2 Å². The molecule has 2 aromatic heterocycles. The molecule has 0 saturated carbocycles. The second-order valence-corrected chi connectivity index (χ2v) is 7.64. The molecule has 1 atom stereocenters. The van der Waals surface area contributed by atoms with E-state index in [1.54, 1.807) is 0 Å². The zero-order valence-corrected chi connectivity index (χ0v) is 16.3. The number of hydrogen-bond donors (Lipinski definition) is 1. The van der Waals surface area contributed by atoms with Crippen LogP contribution in [0.1, 0.15) is 32.0 Å². The summed E-state index contributed by atoms with van der Waals surface area (Å²) in [5.41, 5.74) is 0.896. The summed E-state index contributed by atoms with van der Waals surface area (Å²) >= 11 is 0. The van der Waals surface area contributed by atoms with E-state index >= 15 is 0 Å². The fourth-order valence-corrected chi connectivity index (χ4v) is 4.25. The maximum Gasteiger partial charge on any atom is 0.193 e. The molecule has 4 rings (SSSR count). The number of aromatic nitrogens is 3.